The van der Waals surface area contributed by atoms with Crippen LogP contribution in [0.5, 0.6) is 0 Å². The van der Waals surface area contributed by atoms with E-state index in [2.05, 4.69) is 4.98 Å². The van der Waals surface area contributed by atoms with Crippen LogP contribution in [0.2, 0.25) is 0 Å². The van der Waals surface area contributed by atoms with Gasteiger partial charge < -0.3 is 35.8 Å². The van der Waals surface area contributed by atoms with Crippen LogP contribution in [-0.2, 0) is 20.9 Å². The van der Waals surface area contributed by atoms with Gasteiger partial charge in [-0.25, -0.2) is 4.98 Å². The Labute approximate surface area is 279 Å². The summed E-state index contributed by atoms with van der Waals surface area (Å²) >= 11 is 1.27. The molecular formula is C34H59N5O6S. The summed E-state index contributed by atoms with van der Waals surface area (Å²) in [6.07, 6.45) is 8.76. The van der Waals surface area contributed by atoms with Crippen LogP contribution >= 0.6 is 11.3 Å². The van der Waals surface area contributed by atoms with Crippen LogP contribution in [0.15, 0.2) is 5.38 Å². The quantitative estimate of drug-likeness (QED) is 0.193. The van der Waals surface area contributed by atoms with E-state index in [1.165, 1.54) is 27.6 Å². The average molecular weight is 666 g/mol. The van der Waals surface area contributed by atoms with Gasteiger partial charge in [-0.1, -0.05) is 71.6 Å². The van der Waals surface area contributed by atoms with Crippen molar-refractivity contribution < 1.29 is 29.7 Å². The molecule has 0 aliphatic heterocycles. The predicted octanol–water partition coefficient (Wildman–Crippen LogP) is 3.94. The zero-order valence-corrected chi connectivity index (χ0v) is 29.3. The maximum absolute atomic E-state index is 14.1. The van der Waals surface area contributed by atoms with E-state index < -0.39 is 23.9 Å². The molecule has 5 N–H and O–H groups in total. The Balaban J connectivity index is 1.84. The van der Waals surface area contributed by atoms with Crippen molar-refractivity contribution in [3.8, 4) is 0 Å². The normalized spacial score (nSPS) is 19.2. The highest BCUT2D eigenvalue weighted by atomic mass is 32.1. The summed E-state index contributed by atoms with van der Waals surface area (Å²) < 4.78 is 0. The van der Waals surface area contributed by atoms with E-state index in [4.69, 9.17) is 5.73 Å². The number of hydrogen-bond donors (Lipinski definition) is 4. The van der Waals surface area contributed by atoms with Gasteiger partial charge in [-0.2, -0.15) is 0 Å². The summed E-state index contributed by atoms with van der Waals surface area (Å²) in [4.78, 5) is 49.4. The van der Waals surface area contributed by atoms with Crippen molar-refractivity contribution in [1.82, 2.24) is 19.7 Å². The first-order valence-corrected chi connectivity index (χ1v) is 18.2. The third-order valence-corrected chi connectivity index (χ3v) is 10.4. The average Bonchev–Trinajstić information content (AvgIpc) is 3.30. The number of thiazole rings is 1. The zero-order chi connectivity index (χ0) is 33.9. The van der Waals surface area contributed by atoms with Gasteiger partial charge in [0.15, 0.2) is 5.13 Å². The number of aliphatic hydroxyl groups is 3. The molecule has 1 aromatic heterocycles. The number of aromatic nitrogens is 1. The number of nitrogens with two attached hydrogens (primary N) is 1. The lowest BCUT2D eigenvalue weighted by Crippen LogP contribution is -2.52. The molecule has 0 aromatic carbocycles. The Bertz CT molecular complexity index is 1100. The van der Waals surface area contributed by atoms with Crippen LogP contribution in [0.1, 0.15) is 116 Å². The van der Waals surface area contributed by atoms with Crippen molar-refractivity contribution in [3.05, 3.63) is 11.1 Å². The molecule has 0 saturated heterocycles. The molecule has 11 nitrogen and oxygen atoms in total. The summed E-state index contributed by atoms with van der Waals surface area (Å²) in [5.74, 6) is -0.495. The number of amides is 3. The molecule has 3 rings (SSSR count). The lowest BCUT2D eigenvalue weighted by molar-refractivity contribution is -0.146. The van der Waals surface area contributed by atoms with Gasteiger partial charge in [-0.05, 0) is 37.5 Å². The summed E-state index contributed by atoms with van der Waals surface area (Å²) in [6.45, 7) is 3.95. The Hall–Kier alpha value is -2.28. The third-order valence-electron chi connectivity index (χ3n) is 9.67. The van der Waals surface area contributed by atoms with Crippen molar-refractivity contribution >= 4 is 34.2 Å². The number of rotatable bonds is 16. The second-order valence-corrected chi connectivity index (χ2v) is 15.3. The van der Waals surface area contributed by atoms with E-state index in [0.717, 1.165) is 51.4 Å². The van der Waals surface area contributed by atoms with Crippen LogP contribution in [0.3, 0.4) is 0 Å². The van der Waals surface area contributed by atoms with Crippen molar-refractivity contribution in [2.24, 2.45) is 11.8 Å². The van der Waals surface area contributed by atoms with Crippen LogP contribution in [0, 0.1) is 11.8 Å². The van der Waals surface area contributed by atoms with Crippen LogP contribution in [0.25, 0.3) is 0 Å². The second kappa shape index (κ2) is 18.3. The number of nitrogens with zero attached hydrogens (tertiary/aromatic N) is 4. The molecular weight excluding hydrogens is 606 g/mol. The highest BCUT2D eigenvalue weighted by molar-refractivity contribution is 7.13. The molecule has 2 aliphatic carbocycles. The molecule has 2 saturated carbocycles. The van der Waals surface area contributed by atoms with E-state index in [0.29, 0.717) is 42.4 Å². The maximum atomic E-state index is 14.1. The largest absolute Gasteiger partial charge is 0.390 e. The van der Waals surface area contributed by atoms with Gasteiger partial charge in [0.05, 0.1) is 36.5 Å². The fraction of sp³-hybridized carbons (Fsp3) is 0.824. The molecule has 1 aromatic rings. The monoisotopic (exact) mass is 665 g/mol. The summed E-state index contributed by atoms with van der Waals surface area (Å²) in [5, 5.41) is 36.2. The van der Waals surface area contributed by atoms with E-state index >= 15 is 0 Å². The molecule has 0 unspecified atom stereocenters. The molecule has 0 radical (unpaired) electrons. The van der Waals surface area contributed by atoms with Gasteiger partial charge in [0.25, 0.3) is 0 Å². The topological polar surface area (TPSA) is 161 Å². The van der Waals surface area contributed by atoms with Gasteiger partial charge in [0, 0.05) is 38.9 Å². The van der Waals surface area contributed by atoms with Gasteiger partial charge in [0.1, 0.15) is 6.10 Å². The summed E-state index contributed by atoms with van der Waals surface area (Å²) in [7, 11) is 3.26. The molecule has 12 heteroatoms. The molecule has 1 heterocycles. The zero-order valence-electron chi connectivity index (χ0n) is 28.5. The van der Waals surface area contributed by atoms with E-state index in [-0.39, 0.29) is 56.1 Å². The summed E-state index contributed by atoms with van der Waals surface area (Å²) in [5.41, 5.74) is 5.45. The van der Waals surface area contributed by atoms with Crippen molar-refractivity contribution in [2.75, 3.05) is 32.9 Å². The first-order valence-electron chi connectivity index (χ1n) is 17.3. The smallest absolute Gasteiger partial charge is 0.241 e. The fourth-order valence-electron chi connectivity index (χ4n) is 7.01. The third kappa shape index (κ3) is 12.1. The van der Waals surface area contributed by atoms with Gasteiger partial charge in [0.2, 0.25) is 17.7 Å². The minimum atomic E-state index is -1.17. The minimum absolute atomic E-state index is 0.0475. The fourth-order valence-corrected chi connectivity index (χ4v) is 7.56. The van der Waals surface area contributed by atoms with Crippen molar-refractivity contribution in [3.63, 3.8) is 0 Å². The van der Waals surface area contributed by atoms with E-state index in [1.807, 2.05) is 13.8 Å². The molecule has 3 amide bonds. The molecule has 3 atom stereocenters. The number of hydrogen-bond acceptors (Lipinski definition) is 9. The summed E-state index contributed by atoms with van der Waals surface area (Å²) in [6, 6.07) is -0.666. The number of likely N-dealkylation sites (N-methyl/N-ethyl adjacent to an activating group) is 1. The Morgan fingerprint density at radius 2 is 1.59 bits per heavy atom. The Morgan fingerprint density at radius 1 is 0.978 bits per heavy atom. The van der Waals surface area contributed by atoms with Crippen LogP contribution < -0.4 is 5.73 Å². The lowest BCUT2D eigenvalue weighted by atomic mass is 9.81. The molecule has 262 valence electrons. The van der Waals surface area contributed by atoms with E-state index in [9.17, 15) is 29.7 Å². The maximum Gasteiger partial charge on any atom is 0.241 e. The molecule has 2 fully saturated rings. The first kappa shape index (κ1) is 38.2. The van der Waals surface area contributed by atoms with Crippen LogP contribution in [-0.4, -0.2) is 104 Å². The Morgan fingerprint density at radius 3 is 2.15 bits per heavy atom. The molecule has 46 heavy (non-hydrogen) atoms. The minimum Gasteiger partial charge on any atom is -0.390 e. The lowest BCUT2D eigenvalue weighted by Gasteiger charge is -2.39. The standard InChI is InChI=1S/C34H59N5O6S/c1-24(2)18-28(40)32(44)27(19-25-12-8-7-9-13-25)39(20-26-22-46-33(35)36-26)30(42)15-14-29(41)38(21-31(43)37(3)4)23-34(45)16-10-5-6-11-17-34/h22,24-25,27-28,32,40,44-45H,5-21,23H2,1-4H3,(H2,35,36)/t27-,28-,32+/m0/s1. The highest BCUT2D eigenvalue weighted by Gasteiger charge is 2.38. The van der Waals surface area contributed by atoms with Gasteiger partial charge >= 0.3 is 0 Å². The Kier molecular flexibility index (Phi) is 15.2. The van der Waals surface area contributed by atoms with Gasteiger partial charge in [-0.15, -0.1) is 11.3 Å². The number of nitrogen functional groups attached to an aromatic ring is 1. The number of carbonyl (C=O) groups excluding carboxylic acids is 3. The highest BCUT2D eigenvalue weighted by Crippen LogP contribution is 2.32. The van der Waals surface area contributed by atoms with Crippen molar-refractivity contribution in [1.29, 1.82) is 0 Å². The molecule has 0 bridgehead atoms. The SMILES string of the molecule is CC(C)C[C@H](O)[C@H](O)[C@H](CC1CCCCC1)N(Cc1csc(N)n1)C(=O)CCC(=O)N(CC(=O)N(C)C)CC1(O)CCCCCC1. The van der Waals surface area contributed by atoms with E-state index in [1.54, 1.807) is 24.4 Å². The molecule has 2 aliphatic rings. The number of carbonyl (C=O) groups is 3. The number of aliphatic hydroxyl groups excluding tert-OH is 2. The second-order valence-electron chi connectivity index (χ2n) is 14.4. The van der Waals surface area contributed by atoms with Crippen molar-refractivity contribution in [2.45, 2.75) is 141 Å². The van der Waals surface area contributed by atoms with Crippen LogP contribution in [0.4, 0.5) is 5.13 Å². The van der Waals surface area contributed by atoms with Gasteiger partial charge in [-0.3, -0.25) is 14.4 Å². The molecule has 0 spiro atoms. The first-order chi connectivity index (χ1) is 21.8. The predicted molar refractivity (Wildman–Crippen MR) is 181 cm³/mol. The number of anilines is 1.